The first-order chi connectivity index (χ1) is 10.1. The molecule has 5 heteroatoms. The number of likely N-dealkylation sites (N-methyl/N-ethyl adjacent to an activating group) is 1. The van der Waals surface area contributed by atoms with Gasteiger partial charge in [-0.15, -0.1) is 0 Å². The highest BCUT2D eigenvalue weighted by molar-refractivity contribution is 5.87. The van der Waals surface area contributed by atoms with Crippen molar-refractivity contribution >= 4 is 11.9 Å². The molecule has 2 N–H and O–H groups in total. The standard InChI is InChI=1S/C16H22N2O3/c1-18-10-4-2-3-5-14(18)15(19)17-11-12-6-8-13(9-7-12)16(20)21/h6-9,14H,2-5,10-11H2,1H3,(H,17,19)(H,20,21). The van der Waals surface area contributed by atoms with Gasteiger partial charge >= 0.3 is 5.97 Å². The largest absolute Gasteiger partial charge is 0.478 e. The molecule has 0 aromatic heterocycles. The summed E-state index contributed by atoms with van der Waals surface area (Å²) < 4.78 is 0. The number of carboxylic acids is 1. The maximum atomic E-state index is 12.3. The third-order valence-corrected chi connectivity index (χ3v) is 3.99. The third kappa shape index (κ3) is 4.29. The quantitative estimate of drug-likeness (QED) is 0.888. The summed E-state index contributed by atoms with van der Waals surface area (Å²) >= 11 is 0. The van der Waals surface area contributed by atoms with E-state index in [0.29, 0.717) is 6.54 Å². The molecular weight excluding hydrogens is 268 g/mol. The number of nitrogens with zero attached hydrogens (tertiary/aromatic N) is 1. The van der Waals surface area contributed by atoms with Crippen molar-refractivity contribution in [2.75, 3.05) is 13.6 Å². The Morgan fingerprint density at radius 3 is 2.62 bits per heavy atom. The number of likely N-dealkylation sites (tertiary alicyclic amines) is 1. The summed E-state index contributed by atoms with van der Waals surface area (Å²) in [6.45, 7) is 1.40. The fourth-order valence-electron chi connectivity index (χ4n) is 2.66. The van der Waals surface area contributed by atoms with Crippen molar-refractivity contribution in [1.29, 1.82) is 0 Å². The lowest BCUT2D eigenvalue weighted by molar-refractivity contribution is -0.126. The minimum Gasteiger partial charge on any atom is -0.478 e. The van der Waals surface area contributed by atoms with Gasteiger partial charge < -0.3 is 10.4 Å². The van der Waals surface area contributed by atoms with Crippen molar-refractivity contribution in [3.05, 3.63) is 35.4 Å². The average Bonchev–Trinajstić information content (AvgIpc) is 2.70. The van der Waals surface area contributed by atoms with Gasteiger partial charge in [-0.25, -0.2) is 4.79 Å². The number of aromatic carboxylic acids is 1. The monoisotopic (exact) mass is 290 g/mol. The van der Waals surface area contributed by atoms with E-state index in [2.05, 4.69) is 10.2 Å². The van der Waals surface area contributed by atoms with Crippen LogP contribution < -0.4 is 5.32 Å². The predicted octanol–water partition coefficient (Wildman–Crippen LogP) is 1.88. The molecular formula is C16H22N2O3. The lowest BCUT2D eigenvalue weighted by Crippen LogP contribution is -2.44. The van der Waals surface area contributed by atoms with Gasteiger partial charge in [-0.2, -0.15) is 0 Å². The van der Waals surface area contributed by atoms with Gasteiger partial charge in [0.2, 0.25) is 5.91 Å². The van der Waals surface area contributed by atoms with E-state index in [4.69, 9.17) is 5.11 Å². The Balaban J connectivity index is 1.89. The summed E-state index contributed by atoms with van der Waals surface area (Å²) in [6, 6.07) is 6.54. The van der Waals surface area contributed by atoms with Crippen molar-refractivity contribution < 1.29 is 14.7 Å². The fraction of sp³-hybridized carbons (Fsp3) is 0.500. The number of carboxylic acid groups (broad SMARTS) is 1. The number of benzene rings is 1. The molecule has 1 aliphatic rings. The summed E-state index contributed by atoms with van der Waals surface area (Å²) in [6.07, 6.45) is 4.33. The molecule has 1 heterocycles. The van der Waals surface area contributed by atoms with Crippen LogP contribution in [0, 0.1) is 0 Å². The van der Waals surface area contributed by atoms with Crippen LogP contribution in [-0.4, -0.2) is 41.5 Å². The van der Waals surface area contributed by atoms with Gasteiger partial charge in [0.15, 0.2) is 0 Å². The van der Waals surface area contributed by atoms with Gasteiger partial charge in [0.05, 0.1) is 11.6 Å². The molecule has 2 rings (SSSR count). The van der Waals surface area contributed by atoms with Crippen LogP contribution in [0.15, 0.2) is 24.3 Å². The highest BCUT2D eigenvalue weighted by atomic mass is 16.4. The number of nitrogens with one attached hydrogen (secondary N) is 1. The Bertz CT molecular complexity index is 499. The second-order valence-corrected chi connectivity index (χ2v) is 5.57. The SMILES string of the molecule is CN1CCCCCC1C(=O)NCc1ccc(C(=O)O)cc1. The molecule has 21 heavy (non-hydrogen) atoms. The lowest BCUT2D eigenvalue weighted by atomic mass is 10.1. The maximum Gasteiger partial charge on any atom is 0.335 e. The summed E-state index contributed by atoms with van der Waals surface area (Å²) in [5.41, 5.74) is 1.17. The normalized spacial score (nSPS) is 19.8. The Morgan fingerprint density at radius 2 is 1.95 bits per heavy atom. The molecule has 0 bridgehead atoms. The minimum atomic E-state index is -0.939. The number of hydrogen-bond donors (Lipinski definition) is 2. The van der Waals surface area contributed by atoms with Crippen LogP contribution >= 0.6 is 0 Å². The first-order valence-corrected chi connectivity index (χ1v) is 7.38. The van der Waals surface area contributed by atoms with Crippen molar-refractivity contribution in [1.82, 2.24) is 10.2 Å². The van der Waals surface area contributed by atoms with Crippen LogP contribution in [-0.2, 0) is 11.3 Å². The number of hydrogen-bond acceptors (Lipinski definition) is 3. The van der Waals surface area contributed by atoms with Crippen LogP contribution in [0.2, 0.25) is 0 Å². The zero-order valence-electron chi connectivity index (χ0n) is 12.3. The second-order valence-electron chi connectivity index (χ2n) is 5.57. The molecule has 1 fully saturated rings. The Hall–Kier alpha value is -1.88. The van der Waals surface area contributed by atoms with Gasteiger partial charge in [-0.3, -0.25) is 9.69 Å². The molecule has 1 saturated heterocycles. The summed E-state index contributed by atoms with van der Waals surface area (Å²) in [5.74, 6) is -0.882. The van der Waals surface area contributed by atoms with E-state index in [1.807, 2.05) is 7.05 Å². The van der Waals surface area contributed by atoms with E-state index >= 15 is 0 Å². The van der Waals surface area contributed by atoms with Crippen LogP contribution in [0.4, 0.5) is 0 Å². The Kier molecular flexibility index (Phi) is 5.33. The van der Waals surface area contributed by atoms with Crippen LogP contribution in [0.25, 0.3) is 0 Å². The van der Waals surface area contributed by atoms with Gasteiger partial charge in [0, 0.05) is 6.54 Å². The van der Waals surface area contributed by atoms with Crippen molar-refractivity contribution in [3.63, 3.8) is 0 Å². The highest BCUT2D eigenvalue weighted by Crippen LogP contribution is 2.15. The molecule has 1 atom stereocenters. The maximum absolute atomic E-state index is 12.3. The molecule has 1 aromatic carbocycles. The second kappa shape index (κ2) is 7.22. The first-order valence-electron chi connectivity index (χ1n) is 7.38. The fourth-order valence-corrected chi connectivity index (χ4v) is 2.66. The molecule has 1 aliphatic heterocycles. The molecule has 5 nitrogen and oxygen atoms in total. The van der Waals surface area contributed by atoms with Crippen LogP contribution in [0.1, 0.15) is 41.6 Å². The number of carbonyl (C=O) groups is 2. The molecule has 1 aromatic rings. The van der Waals surface area contributed by atoms with Gasteiger partial charge in [0.25, 0.3) is 0 Å². The third-order valence-electron chi connectivity index (χ3n) is 3.99. The molecule has 0 saturated carbocycles. The predicted molar refractivity (Wildman–Crippen MR) is 80.1 cm³/mol. The molecule has 0 aliphatic carbocycles. The van der Waals surface area contributed by atoms with Gasteiger partial charge in [0.1, 0.15) is 0 Å². The number of amides is 1. The van der Waals surface area contributed by atoms with Crippen LogP contribution in [0.5, 0.6) is 0 Å². The molecule has 114 valence electrons. The average molecular weight is 290 g/mol. The summed E-state index contributed by atoms with van der Waals surface area (Å²) in [7, 11) is 2.00. The molecule has 1 unspecified atom stereocenters. The Morgan fingerprint density at radius 1 is 1.24 bits per heavy atom. The van der Waals surface area contributed by atoms with Crippen LogP contribution in [0.3, 0.4) is 0 Å². The van der Waals surface area contributed by atoms with Gasteiger partial charge in [-0.1, -0.05) is 25.0 Å². The Labute approximate surface area is 125 Å². The smallest absolute Gasteiger partial charge is 0.335 e. The van der Waals surface area contributed by atoms with E-state index < -0.39 is 5.97 Å². The zero-order valence-corrected chi connectivity index (χ0v) is 12.3. The number of rotatable bonds is 4. The summed E-state index contributed by atoms with van der Waals surface area (Å²) in [4.78, 5) is 25.2. The van der Waals surface area contributed by atoms with E-state index in [9.17, 15) is 9.59 Å². The molecule has 0 radical (unpaired) electrons. The van der Waals surface area contributed by atoms with E-state index in [1.165, 1.54) is 6.42 Å². The van der Waals surface area contributed by atoms with Crippen molar-refractivity contribution in [3.8, 4) is 0 Å². The van der Waals surface area contributed by atoms with Crippen molar-refractivity contribution in [2.45, 2.75) is 38.3 Å². The van der Waals surface area contributed by atoms with Crippen molar-refractivity contribution in [2.24, 2.45) is 0 Å². The zero-order chi connectivity index (χ0) is 15.2. The molecule has 1 amide bonds. The van der Waals surface area contributed by atoms with E-state index in [-0.39, 0.29) is 17.5 Å². The van der Waals surface area contributed by atoms with Gasteiger partial charge in [-0.05, 0) is 44.1 Å². The van der Waals surface area contributed by atoms with E-state index in [0.717, 1.165) is 31.4 Å². The first kappa shape index (κ1) is 15.5. The molecule has 0 spiro atoms. The van der Waals surface area contributed by atoms with E-state index in [1.54, 1.807) is 24.3 Å². The number of carbonyl (C=O) groups excluding carboxylic acids is 1. The topological polar surface area (TPSA) is 69.6 Å². The highest BCUT2D eigenvalue weighted by Gasteiger charge is 2.24. The summed E-state index contributed by atoms with van der Waals surface area (Å²) in [5, 5.41) is 11.8. The lowest BCUT2D eigenvalue weighted by Gasteiger charge is -2.24. The minimum absolute atomic E-state index is 0.0502.